The van der Waals surface area contributed by atoms with Gasteiger partial charge in [-0.25, -0.2) is 4.39 Å². The maximum absolute atomic E-state index is 13.2. The molecule has 0 radical (unpaired) electrons. The second-order valence-corrected chi connectivity index (χ2v) is 4.72. The van der Waals surface area contributed by atoms with Gasteiger partial charge >= 0.3 is 5.97 Å². The number of nitro groups is 1. The van der Waals surface area contributed by atoms with Crippen LogP contribution in [0.4, 0.5) is 10.1 Å². The number of nitrogens with zero attached hydrogens (tertiary/aromatic N) is 1. The highest BCUT2D eigenvalue weighted by atomic mass is 19.1. The van der Waals surface area contributed by atoms with Crippen LogP contribution in [-0.4, -0.2) is 28.5 Å². The predicted octanol–water partition coefficient (Wildman–Crippen LogP) is 1.33. The third kappa shape index (κ3) is 2.73. The molecule has 0 unspecified atom stereocenters. The highest BCUT2D eigenvalue weighted by Gasteiger charge is 2.50. The van der Waals surface area contributed by atoms with Gasteiger partial charge in [0.1, 0.15) is 5.82 Å². The van der Waals surface area contributed by atoms with E-state index >= 15 is 0 Å². The van der Waals surface area contributed by atoms with Gasteiger partial charge in [-0.05, 0) is 18.9 Å². The summed E-state index contributed by atoms with van der Waals surface area (Å²) in [7, 11) is 0. The molecule has 106 valence electrons. The Hall–Kier alpha value is -2.51. The van der Waals surface area contributed by atoms with Crippen molar-refractivity contribution >= 4 is 17.6 Å². The lowest BCUT2D eigenvalue weighted by Crippen LogP contribution is -2.34. The molecule has 0 heterocycles. The molecule has 0 aromatic heterocycles. The van der Waals surface area contributed by atoms with Gasteiger partial charge in [0.2, 0.25) is 0 Å². The Kier molecular flexibility index (Phi) is 3.39. The van der Waals surface area contributed by atoms with Gasteiger partial charge in [-0.15, -0.1) is 0 Å². The number of rotatable bonds is 5. The molecule has 0 spiro atoms. The summed E-state index contributed by atoms with van der Waals surface area (Å²) in [5, 5.41) is 21.9. The molecule has 1 aromatic carbocycles. The van der Waals surface area contributed by atoms with E-state index in [1.165, 1.54) is 0 Å². The Morgan fingerprint density at radius 1 is 1.40 bits per heavy atom. The normalized spacial score (nSPS) is 15.4. The van der Waals surface area contributed by atoms with Crippen molar-refractivity contribution in [2.24, 2.45) is 5.41 Å². The Bertz CT molecular complexity index is 598. The number of benzene rings is 1. The van der Waals surface area contributed by atoms with Gasteiger partial charge in [0.25, 0.3) is 11.6 Å². The maximum atomic E-state index is 13.2. The van der Waals surface area contributed by atoms with Crippen LogP contribution < -0.4 is 5.32 Å². The minimum Gasteiger partial charge on any atom is -0.481 e. The number of halogens is 1. The third-order valence-electron chi connectivity index (χ3n) is 3.25. The average Bonchev–Trinajstić information content (AvgIpc) is 3.16. The number of carboxylic acids is 1. The van der Waals surface area contributed by atoms with E-state index in [0.29, 0.717) is 18.9 Å². The zero-order valence-electron chi connectivity index (χ0n) is 10.3. The molecule has 1 aliphatic carbocycles. The number of nitrogens with one attached hydrogen (secondary N) is 1. The molecule has 0 bridgehead atoms. The van der Waals surface area contributed by atoms with Crippen LogP contribution in [0.25, 0.3) is 0 Å². The third-order valence-corrected chi connectivity index (χ3v) is 3.25. The second kappa shape index (κ2) is 4.87. The predicted molar refractivity (Wildman–Crippen MR) is 64.7 cm³/mol. The number of carboxylic acid groups (broad SMARTS) is 1. The molecular formula is C12H11FN2O5. The number of carbonyl (C=O) groups is 2. The lowest BCUT2D eigenvalue weighted by Gasteiger charge is -2.11. The lowest BCUT2D eigenvalue weighted by molar-refractivity contribution is -0.385. The van der Waals surface area contributed by atoms with E-state index in [2.05, 4.69) is 5.32 Å². The molecule has 2 rings (SSSR count). The van der Waals surface area contributed by atoms with Crippen molar-refractivity contribution in [2.75, 3.05) is 6.54 Å². The summed E-state index contributed by atoms with van der Waals surface area (Å²) in [4.78, 5) is 32.5. The zero-order chi connectivity index (χ0) is 14.9. The number of aliphatic carboxylic acids is 1. The van der Waals surface area contributed by atoms with Crippen LogP contribution in [0, 0.1) is 21.3 Å². The average molecular weight is 282 g/mol. The summed E-state index contributed by atoms with van der Waals surface area (Å²) < 4.78 is 13.2. The van der Waals surface area contributed by atoms with Crippen LogP contribution >= 0.6 is 0 Å². The van der Waals surface area contributed by atoms with Crippen molar-refractivity contribution in [3.05, 3.63) is 39.7 Å². The van der Waals surface area contributed by atoms with Crippen LogP contribution in [0.15, 0.2) is 18.2 Å². The summed E-state index contributed by atoms with van der Waals surface area (Å²) in [5.41, 5.74) is -1.69. The van der Waals surface area contributed by atoms with E-state index in [1.807, 2.05) is 0 Å². The van der Waals surface area contributed by atoms with Crippen molar-refractivity contribution in [3.8, 4) is 0 Å². The Labute approximate surface area is 112 Å². The SMILES string of the molecule is O=C(NCC1(C(=O)O)CC1)c1cc(F)cc([N+](=O)[O-])c1. The summed E-state index contributed by atoms with van der Waals surface area (Å²) in [6, 6.07) is 2.51. The molecular weight excluding hydrogens is 271 g/mol. The molecule has 1 aliphatic rings. The lowest BCUT2D eigenvalue weighted by atomic mass is 10.1. The van der Waals surface area contributed by atoms with Crippen LogP contribution in [0.2, 0.25) is 0 Å². The molecule has 0 atom stereocenters. The van der Waals surface area contributed by atoms with E-state index in [1.54, 1.807) is 0 Å². The Balaban J connectivity index is 2.10. The fourth-order valence-electron chi connectivity index (χ4n) is 1.78. The van der Waals surface area contributed by atoms with Crippen LogP contribution in [0.5, 0.6) is 0 Å². The van der Waals surface area contributed by atoms with Crippen LogP contribution in [-0.2, 0) is 4.79 Å². The number of carbonyl (C=O) groups excluding carboxylic acids is 1. The number of hydrogen-bond donors (Lipinski definition) is 2. The molecule has 2 N–H and O–H groups in total. The highest BCUT2D eigenvalue weighted by Crippen LogP contribution is 2.45. The molecule has 7 nitrogen and oxygen atoms in total. The number of hydrogen-bond acceptors (Lipinski definition) is 4. The van der Waals surface area contributed by atoms with Crippen molar-refractivity contribution in [1.82, 2.24) is 5.32 Å². The van der Waals surface area contributed by atoms with Crippen LogP contribution in [0.3, 0.4) is 0 Å². The molecule has 1 amide bonds. The first-order valence-electron chi connectivity index (χ1n) is 5.81. The summed E-state index contributed by atoms with van der Waals surface area (Å²) in [5.74, 6) is -2.63. The first-order valence-corrected chi connectivity index (χ1v) is 5.81. The zero-order valence-corrected chi connectivity index (χ0v) is 10.3. The highest BCUT2D eigenvalue weighted by molar-refractivity contribution is 5.95. The van der Waals surface area contributed by atoms with Crippen molar-refractivity contribution in [3.63, 3.8) is 0 Å². The molecule has 1 fully saturated rings. The molecule has 0 saturated heterocycles. The first-order chi connectivity index (χ1) is 9.34. The molecule has 1 saturated carbocycles. The fourth-order valence-corrected chi connectivity index (χ4v) is 1.78. The standard InChI is InChI=1S/C12H11FN2O5/c13-8-3-7(4-9(5-8)15(19)20)10(16)14-6-12(1-2-12)11(17)18/h3-5H,1-2,6H2,(H,14,16)(H,17,18). The summed E-state index contributed by atoms with van der Waals surface area (Å²) in [6.45, 7) is -0.0779. The summed E-state index contributed by atoms with van der Waals surface area (Å²) >= 11 is 0. The minimum absolute atomic E-state index is 0.0779. The number of amides is 1. The Morgan fingerprint density at radius 2 is 2.05 bits per heavy atom. The second-order valence-electron chi connectivity index (χ2n) is 4.72. The monoisotopic (exact) mass is 282 g/mol. The molecule has 8 heteroatoms. The minimum atomic E-state index is -0.997. The van der Waals surface area contributed by atoms with Gasteiger partial charge in [0, 0.05) is 18.2 Å². The Morgan fingerprint density at radius 3 is 2.55 bits per heavy atom. The largest absolute Gasteiger partial charge is 0.481 e. The molecule has 20 heavy (non-hydrogen) atoms. The fraction of sp³-hybridized carbons (Fsp3) is 0.333. The van der Waals surface area contributed by atoms with Gasteiger partial charge in [0.05, 0.1) is 16.4 Å². The smallest absolute Gasteiger partial charge is 0.311 e. The number of non-ortho nitro benzene ring substituents is 1. The van der Waals surface area contributed by atoms with E-state index in [0.717, 1.165) is 12.1 Å². The quantitative estimate of drug-likeness (QED) is 0.625. The number of nitro benzene ring substituents is 1. The summed E-state index contributed by atoms with van der Waals surface area (Å²) in [6.07, 6.45) is 0.928. The van der Waals surface area contributed by atoms with E-state index in [4.69, 9.17) is 5.11 Å². The van der Waals surface area contributed by atoms with E-state index in [-0.39, 0.29) is 12.1 Å². The van der Waals surface area contributed by atoms with Gasteiger partial charge in [-0.1, -0.05) is 0 Å². The van der Waals surface area contributed by atoms with E-state index < -0.39 is 33.7 Å². The topological polar surface area (TPSA) is 110 Å². The molecule has 0 aliphatic heterocycles. The van der Waals surface area contributed by atoms with E-state index in [9.17, 15) is 24.1 Å². The van der Waals surface area contributed by atoms with Gasteiger partial charge in [0.15, 0.2) is 0 Å². The van der Waals surface area contributed by atoms with Gasteiger partial charge < -0.3 is 10.4 Å². The van der Waals surface area contributed by atoms with Crippen LogP contribution in [0.1, 0.15) is 23.2 Å². The first kappa shape index (κ1) is 13.9. The van der Waals surface area contributed by atoms with Crippen molar-refractivity contribution in [1.29, 1.82) is 0 Å². The van der Waals surface area contributed by atoms with Gasteiger partial charge in [-0.2, -0.15) is 0 Å². The van der Waals surface area contributed by atoms with Gasteiger partial charge in [-0.3, -0.25) is 19.7 Å². The maximum Gasteiger partial charge on any atom is 0.311 e. The molecule has 1 aromatic rings. The van der Waals surface area contributed by atoms with Crippen molar-refractivity contribution < 1.29 is 24.0 Å². The van der Waals surface area contributed by atoms with Crippen molar-refractivity contribution in [2.45, 2.75) is 12.8 Å².